The van der Waals surface area contributed by atoms with Crippen molar-refractivity contribution in [1.82, 2.24) is 15.0 Å². The first-order valence-corrected chi connectivity index (χ1v) is 11.7. The number of thiophene rings is 1. The third kappa shape index (κ3) is 4.47. The molecule has 1 N–H and O–H groups in total. The van der Waals surface area contributed by atoms with E-state index >= 15 is 0 Å². The highest BCUT2D eigenvalue weighted by Crippen LogP contribution is 2.31. The maximum Gasteiger partial charge on any atom is 0.212 e. The molecule has 6 heteroatoms. The Bertz CT molecular complexity index is 1440. The number of hydrogen-bond donors (Lipinski definition) is 1. The van der Waals surface area contributed by atoms with Crippen LogP contribution in [0.3, 0.4) is 0 Å². The molecule has 0 saturated carbocycles. The summed E-state index contributed by atoms with van der Waals surface area (Å²) in [5.74, 6) is 1.02. The van der Waals surface area contributed by atoms with Crippen molar-refractivity contribution in [2.24, 2.45) is 0 Å². The maximum absolute atomic E-state index is 13.2. The number of nitrogens with zero attached hydrogens (tertiary/aromatic N) is 3. The number of rotatable bonds is 5. The van der Waals surface area contributed by atoms with E-state index in [-0.39, 0.29) is 6.04 Å². The molecule has 0 saturated heterocycles. The highest BCUT2D eigenvalue weighted by Gasteiger charge is 2.12. The van der Waals surface area contributed by atoms with Crippen molar-refractivity contribution < 1.29 is 4.39 Å². The van der Waals surface area contributed by atoms with Gasteiger partial charge < -0.3 is 5.32 Å². The van der Waals surface area contributed by atoms with E-state index in [1.807, 2.05) is 25.1 Å². The van der Waals surface area contributed by atoms with Crippen LogP contribution < -0.4 is 5.32 Å². The van der Waals surface area contributed by atoms with E-state index in [0.29, 0.717) is 0 Å². The second-order valence-corrected chi connectivity index (χ2v) is 9.09. The molecular weight excluding hydrogens is 431 g/mol. The lowest BCUT2D eigenvalue weighted by molar-refractivity contribution is 0.584. The molecule has 2 aromatic carbocycles. The zero-order valence-electron chi connectivity index (χ0n) is 18.6. The van der Waals surface area contributed by atoms with Crippen molar-refractivity contribution in [1.29, 1.82) is 0 Å². The number of hydrogen-bond acceptors (Lipinski definition) is 5. The molecule has 3 heterocycles. The quantitative estimate of drug-likeness (QED) is 0.282. The minimum absolute atomic E-state index is 0.0158. The van der Waals surface area contributed by atoms with E-state index < -0.39 is 5.95 Å². The fourth-order valence-electron chi connectivity index (χ4n) is 3.94. The van der Waals surface area contributed by atoms with Crippen LogP contribution in [-0.4, -0.2) is 15.0 Å². The standard InChI is InChI=1S/C27H23FN4S/c1-16-15-33-25-9-7-21(12-23(16)25)24-13-27(32-18(3)31-24)30-17(2)19-5-4-6-20(11-19)22-8-10-26(28)29-14-22/h4-15,17H,1-3H3,(H,30,31,32)/t17-/m0/s1. The SMILES string of the molecule is Cc1nc(N[C@@H](C)c2cccc(-c3ccc(F)nc3)c2)cc(-c2ccc3scc(C)c3c2)n1. The second-order valence-electron chi connectivity index (χ2n) is 8.18. The first kappa shape index (κ1) is 21.2. The van der Waals surface area contributed by atoms with Gasteiger partial charge in [0.05, 0.1) is 5.69 Å². The van der Waals surface area contributed by atoms with E-state index in [2.05, 4.69) is 69.8 Å². The first-order valence-electron chi connectivity index (χ1n) is 10.8. The molecule has 5 aromatic rings. The lowest BCUT2D eigenvalue weighted by Crippen LogP contribution is -2.09. The minimum Gasteiger partial charge on any atom is -0.363 e. The summed E-state index contributed by atoms with van der Waals surface area (Å²) in [5.41, 5.74) is 6.24. The molecule has 0 aliphatic carbocycles. The fraction of sp³-hybridized carbons (Fsp3) is 0.148. The number of fused-ring (bicyclic) bond motifs is 1. The number of aryl methyl sites for hydroxylation is 2. The Morgan fingerprint density at radius 3 is 2.58 bits per heavy atom. The molecule has 164 valence electrons. The summed E-state index contributed by atoms with van der Waals surface area (Å²) in [6.07, 6.45) is 1.55. The van der Waals surface area contributed by atoms with Gasteiger partial charge in [0.25, 0.3) is 0 Å². The number of pyridine rings is 1. The van der Waals surface area contributed by atoms with Gasteiger partial charge in [-0.1, -0.05) is 24.3 Å². The third-order valence-corrected chi connectivity index (χ3v) is 6.79. The molecule has 3 aromatic heterocycles. The zero-order valence-corrected chi connectivity index (χ0v) is 19.4. The van der Waals surface area contributed by atoms with Crippen molar-refractivity contribution in [3.63, 3.8) is 0 Å². The Kier molecular flexibility index (Phi) is 5.60. The normalized spacial score (nSPS) is 12.1. The van der Waals surface area contributed by atoms with Crippen LogP contribution in [0.1, 0.15) is 29.9 Å². The van der Waals surface area contributed by atoms with E-state index in [0.717, 1.165) is 39.6 Å². The molecular formula is C27H23FN4S. The predicted molar refractivity (Wildman–Crippen MR) is 134 cm³/mol. The molecule has 0 bridgehead atoms. The van der Waals surface area contributed by atoms with Gasteiger partial charge in [-0.15, -0.1) is 11.3 Å². The molecule has 4 nitrogen and oxygen atoms in total. The van der Waals surface area contributed by atoms with Crippen LogP contribution in [0.25, 0.3) is 32.5 Å². The largest absolute Gasteiger partial charge is 0.363 e. The topological polar surface area (TPSA) is 50.7 Å². The van der Waals surface area contributed by atoms with Crippen molar-refractivity contribution >= 4 is 27.2 Å². The summed E-state index contributed by atoms with van der Waals surface area (Å²) in [6.45, 7) is 6.15. The van der Waals surface area contributed by atoms with Gasteiger partial charge in [0, 0.05) is 34.1 Å². The van der Waals surface area contributed by atoms with Gasteiger partial charge in [0.15, 0.2) is 0 Å². The summed E-state index contributed by atoms with van der Waals surface area (Å²) in [7, 11) is 0. The summed E-state index contributed by atoms with van der Waals surface area (Å²) in [4.78, 5) is 13.1. The van der Waals surface area contributed by atoms with E-state index in [1.54, 1.807) is 23.6 Å². The van der Waals surface area contributed by atoms with Gasteiger partial charge in [0.1, 0.15) is 11.6 Å². The molecule has 0 aliphatic rings. The highest BCUT2D eigenvalue weighted by molar-refractivity contribution is 7.17. The van der Waals surface area contributed by atoms with Crippen molar-refractivity contribution in [2.45, 2.75) is 26.8 Å². The molecule has 0 aliphatic heterocycles. The maximum atomic E-state index is 13.2. The Morgan fingerprint density at radius 2 is 1.76 bits per heavy atom. The molecule has 0 fully saturated rings. The van der Waals surface area contributed by atoms with E-state index in [9.17, 15) is 4.39 Å². The van der Waals surface area contributed by atoms with Crippen molar-refractivity contribution in [3.8, 4) is 22.4 Å². The minimum atomic E-state index is -0.479. The van der Waals surface area contributed by atoms with Crippen LogP contribution in [0.2, 0.25) is 0 Å². The lowest BCUT2D eigenvalue weighted by atomic mass is 10.0. The van der Waals surface area contributed by atoms with Gasteiger partial charge in [-0.05, 0) is 78.6 Å². The molecule has 0 spiro atoms. The average Bonchev–Trinajstić information content (AvgIpc) is 3.19. The van der Waals surface area contributed by atoms with Crippen LogP contribution in [0.4, 0.5) is 10.2 Å². The molecule has 1 atom stereocenters. The van der Waals surface area contributed by atoms with Crippen LogP contribution in [0, 0.1) is 19.8 Å². The summed E-state index contributed by atoms with van der Waals surface area (Å²) in [5, 5.41) is 6.97. The van der Waals surface area contributed by atoms with Crippen LogP contribution in [0.15, 0.2) is 72.2 Å². The third-order valence-electron chi connectivity index (χ3n) is 5.71. The average molecular weight is 455 g/mol. The molecule has 0 amide bonds. The monoisotopic (exact) mass is 454 g/mol. The van der Waals surface area contributed by atoms with Gasteiger partial charge >= 0.3 is 0 Å². The summed E-state index contributed by atoms with van der Waals surface area (Å²) >= 11 is 1.76. The Labute approximate surface area is 196 Å². The van der Waals surface area contributed by atoms with E-state index in [1.165, 1.54) is 21.7 Å². The van der Waals surface area contributed by atoms with Gasteiger partial charge in [-0.25, -0.2) is 15.0 Å². The number of anilines is 1. The first-order chi connectivity index (χ1) is 16.0. The number of halogens is 1. The van der Waals surface area contributed by atoms with Crippen LogP contribution in [0.5, 0.6) is 0 Å². The van der Waals surface area contributed by atoms with Crippen LogP contribution in [-0.2, 0) is 0 Å². The lowest BCUT2D eigenvalue weighted by Gasteiger charge is -2.17. The molecule has 5 rings (SSSR count). The summed E-state index contributed by atoms with van der Waals surface area (Å²) in [6, 6.07) is 19.8. The van der Waals surface area contributed by atoms with Gasteiger partial charge in [0.2, 0.25) is 5.95 Å². The van der Waals surface area contributed by atoms with Crippen molar-refractivity contribution in [3.05, 3.63) is 95.1 Å². The van der Waals surface area contributed by atoms with Gasteiger partial charge in [-0.3, -0.25) is 0 Å². The number of benzene rings is 2. The number of nitrogens with one attached hydrogen (secondary N) is 1. The second kappa shape index (κ2) is 8.71. The highest BCUT2D eigenvalue weighted by atomic mass is 32.1. The van der Waals surface area contributed by atoms with Gasteiger partial charge in [-0.2, -0.15) is 4.39 Å². The Balaban J connectivity index is 1.42. The Morgan fingerprint density at radius 1 is 0.909 bits per heavy atom. The molecule has 0 radical (unpaired) electrons. The Hall–Kier alpha value is -3.64. The smallest absolute Gasteiger partial charge is 0.212 e. The number of aromatic nitrogens is 3. The summed E-state index contributed by atoms with van der Waals surface area (Å²) < 4.78 is 14.5. The van der Waals surface area contributed by atoms with Crippen molar-refractivity contribution in [2.75, 3.05) is 5.32 Å². The van der Waals surface area contributed by atoms with Crippen LogP contribution >= 0.6 is 11.3 Å². The van der Waals surface area contributed by atoms with E-state index in [4.69, 9.17) is 0 Å². The fourth-order valence-corrected chi connectivity index (χ4v) is 4.87. The zero-order chi connectivity index (χ0) is 22.9. The molecule has 33 heavy (non-hydrogen) atoms. The molecule has 0 unspecified atom stereocenters. The predicted octanol–water partition coefficient (Wildman–Crippen LogP) is 7.35.